The molecule has 25 heavy (non-hydrogen) atoms. The highest BCUT2D eigenvalue weighted by Crippen LogP contribution is 2.29. The minimum Gasteiger partial charge on any atom is -0.366 e. The number of benzene rings is 1. The van der Waals surface area contributed by atoms with E-state index in [0.717, 1.165) is 23.7 Å². The van der Waals surface area contributed by atoms with Crippen molar-refractivity contribution >= 4 is 5.91 Å². The van der Waals surface area contributed by atoms with Gasteiger partial charge in [0.1, 0.15) is 0 Å². The molecule has 2 aromatic rings. The predicted molar refractivity (Wildman–Crippen MR) is 101 cm³/mol. The molecular formula is C21H27N3O. The summed E-state index contributed by atoms with van der Waals surface area (Å²) >= 11 is 0. The van der Waals surface area contributed by atoms with Gasteiger partial charge in [-0.3, -0.25) is 9.78 Å². The second kappa shape index (κ2) is 8.26. The van der Waals surface area contributed by atoms with E-state index in [1.807, 2.05) is 18.2 Å². The number of aromatic nitrogens is 1. The van der Waals surface area contributed by atoms with Crippen molar-refractivity contribution in [3.8, 4) is 11.3 Å². The smallest absolute Gasteiger partial charge is 0.248 e. The average molecular weight is 337 g/mol. The van der Waals surface area contributed by atoms with Gasteiger partial charge >= 0.3 is 0 Å². The van der Waals surface area contributed by atoms with Crippen LogP contribution in [0.5, 0.6) is 0 Å². The first-order valence-corrected chi connectivity index (χ1v) is 9.21. The summed E-state index contributed by atoms with van der Waals surface area (Å²) in [6.07, 6.45) is 8.43. The van der Waals surface area contributed by atoms with Gasteiger partial charge in [-0.25, -0.2) is 0 Å². The first-order chi connectivity index (χ1) is 12.1. The molecule has 4 heteroatoms. The lowest BCUT2D eigenvalue weighted by molar-refractivity contribution is 0.1000. The van der Waals surface area contributed by atoms with E-state index in [1.54, 1.807) is 18.3 Å². The highest BCUT2D eigenvalue weighted by molar-refractivity contribution is 5.93. The molecule has 1 aliphatic rings. The molecule has 0 bridgehead atoms. The summed E-state index contributed by atoms with van der Waals surface area (Å²) in [7, 11) is 0. The van der Waals surface area contributed by atoms with E-state index in [4.69, 9.17) is 5.73 Å². The summed E-state index contributed by atoms with van der Waals surface area (Å²) in [6.45, 7) is 3.07. The Bertz CT molecular complexity index is 723. The minimum atomic E-state index is -0.426. The van der Waals surface area contributed by atoms with E-state index in [0.29, 0.717) is 11.6 Å². The van der Waals surface area contributed by atoms with Crippen LogP contribution in [0, 0.1) is 5.92 Å². The quantitative estimate of drug-likeness (QED) is 0.805. The summed E-state index contributed by atoms with van der Waals surface area (Å²) in [5.74, 6) is 0.455. The lowest BCUT2D eigenvalue weighted by Gasteiger charge is -2.19. The number of hydrogen-bond acceptors (Lipinski definition) is 3. The van der Waals surface area contributed by atoms with Gasteiger partial charge in [0.15, 0.2) is 0 Å². The van der Waals surface area contributed by atoms with Crippen LogP contribution >= 0.6 is 0 Å². The largest absolute Gasteiger partial charge is 0.366 e. The minimum absolute atomic E-state index is 0.426. The van der Waals surface area contributed by atoms with Gasteiger partial charge in [-0.15, -0.1) is 0 Å². The van der Waals surface area contributed by atoms with E-state index in [1.165, 1.54) is 37.7 Å². The SMILES string of the molecule is CC(CC1CCCC1)NCc1ccccc1-c1cc(C(N)=O)ccn1. The lowest BCUT2D eigenvalue weighted by atomic mass is 9.98. The first-order valence-electron chi connectivity index (χ1n) is 9.21. The molecule has 1 atom stereocenters. The molecule has 0 aliphatic heterocycles. The zero-order valence-electron chi connectivity index (χ0n) is 14.9. The van der Waals surface area contributed by atoms with Crippen LogP contribution in [0.3, 0.4) is 0 Å². The zero-order valence-corrected chi connectivity index (χ0v) is 14.9. The Morgan fingerprint density at radius 1 is 1.28 bits per heavy atom. The third-order valence-electron chi connectivity index (χ3n) is 5.14. The number of nitrogens with one attached hydrogen (secondary N) is 1. The summed E-state index contributed by atoms with van der Waals surface area (Å²) in [4.78, 5) is 15.9. The van der Waals surface area contributed by atoms with E-state index >= 15 is 0 Å². The Labute approximate surface area is 149 Å². The molecule has 1 aromatic carbocycles. The normalized spacial score (nSPS) is 16.0. The van der Waals surface area contributed by atoms with Crippen LogP contribution < -0.4 is 11.1 Å². The fourth-order valence-electron chi connectivity index (χ4n) is 3.77. The van der Waals surface area contributed by atoms with Gasteiger partial charge in [-0.05, 0) is 37.0 Å². The van der Waals surface area contributed by atoms with Crippen molar-refractivity contribution < 1.29 is 4.79 Å². The fourth-order valence-corrected chi connectivity index (χ4v) is 3.77. The van der Waals surface area contributed by atoms with Gasteiger partial charge in [0.2, 0.25) is 5.91 Å². The standard InChI is InChI=1S/C21H27N3O/c1-15(12-16-6-2-3-7-16)24-14-18-8-4-5-9-19(18)20-13-17(21(22)25)10-11-23-20/h4-5,8-11,13,15-16,24H,2-3,6-7,12,14H2,1H3,(H2,22,25). The Morgan fingerprint density at radius 2 is 2.04 bits per heavy atom. The fraction of sp³-hybridized carbons (Fsp3) is 0.429. The van der Waals surface area contributed by atoms with Gasteiger partial charge < -0.3 is 11.1 Å². The second-order valence-corrected chi connectivity index (χ2v) is 7.12. The van der Waals surface area contributed by atoms with E-state index in [2.05, 4.69) is 23.3 Å². The van der Waals surface area contributed by atoms with E-state index in [-0.39, 0.29) is 0 Å². The molecule has 132 valence electrons. The number of hydrogen-bond donors (Lipinski definition) is 2. The highest BCUT2D eigenvalue weighted by Gasteiger charge is 2.18. The molecule has 4 nitrogen and oxygen atoms in total. The molecule has 1 aromatic heterocycles. The number of primary amides is 1. The number of nitrogens with zero attached hydrogens (tertiary/aromatic N) is 1. The molecule has 0 saturated heterocycles. The number of carbonyl (C=O) groups excluding carboxylic acids is 1. The van der Waals surface area contributed by atoms with Gasteiger partial charge in [-0.1, -0.05) is 49.9 Å². The van der Waals surface area contributed by atoms with Crippen molar-refractivity contribution in [2.75, 3.05) is 0 Å². The summed E-state index contributed by atoms with van der Waals surface area (Å²) in [5, 5.41) is 3.65. The van der Waals surface area contributed by atoms with Crippen molar-refractivity contribution in [1.82, 2.24) is 10.3 Å². The van der Waals surface area contributed by atoms with Crippen LogP contribution in [0.4, 0.5) is 0 Å². The number of rotatable bonds is 7. The maximum Gasteiger partial charge on any atom is 0.248 e. The average Bonchev–Trinajstić information content (AvgIpc) is 3.13. The summed E-state index contributed by atoms with van der Waals surface area (Å²) < 4.78 is 0. The Hall–Kier alpha value is -2.20. The molecule has 3 rings (SSSR count). The second-order valence-electron chi connectivity index (χ2n) is 7.12. The van der Waals surface area contributed by atoms with Crippen LogP contribution in [0.2, 0.25) is 0 Å². The molecule has 3 N–H and O–H groups in total. The van der Waals surface area contributed by atoms with Gasteiger partial charge in [0.25, 0.3) is 0 Å². The van der Waals surface area contributed by atoms with E-state index in [9.17, 15) is 4.79 Å². The number of pyridine rings is 1. The maximum atomic E-state index is 11.4. The number of amides is 1. The molecule has 0 radical (unpaired) electrons. The summed E-state index contributed by atoms with van der Waals surface area (Å²) in [5.41, 5.74) is 8.91. The third kappa shape index (κ3) is 4.67. The van der Waals surface area contributed by atoms with Crippen molar-refractivity contribution in [1.29, 1.82) is 0 Å². The van der Waals surface area contributed by atoms with Crippen LogP contribution in [-0.2, 0) is 6.54 Å². The van der Waals surface area contributed by atoms with Crippen molar-refractivity contribution in [2.45, 2.75) is 51.6 Å². The molecule has 1 heterocycles. The number of nitrogens with two attached hydrogens (primary N) is 1. The predicted octanol–water partition coefficient (Wildman–Crippen LogP) is 3.91. The van der Waals surface area contributed by atoms with Crippen LogP contribution in [0.15, 0.2) is 42.6 Å². The van der Waals surface area contributed by atoms with E-state index < -0.39 is 5.91 Å². The molecule has 1 fully saturated rings. The van der Waals surface area contributed by atoms with Crippen molar-refractivity contribution in [2.24, 2.45) is 11.7 Å². The molecule has 1 amide bonds. The molecule has 1 unspecified atom stereocenters. The van der Waals surface area contributed by atoms with Crippen molar-refractivity contribution in [3.63, 3.8) is 0 Å². The van der Waals surface area contributed by atoms with Crippen molar-refractivity contribution in [3.05, 3.63) is 53.7 Å². The lowest BCUT2D eigenvalue weighted by Crippen LogP contribution is -2.27. The topological polar surface area (TPSA) is 68.0 Å². The van der Waals surface area contributed by atoms with Gasteiger partial charge in [-0.2, -0.15) is 0 Å². The Kier molecular flexibility index (Phi) is 5.82. The van der Waals surface area contributed by atoms with Crippen LogP contribution in [-0.4, -0.2) is 16.9 Å². The molecular weight excluding hydrogens is 310 g/mol. The third-order valence-corrected chi connectivity index (χ3v) is 5.14. The Balaban J connectivity index is 1.70. The van der Waals surface area contributed by atoms with Gasteiger partial charge in [0.05, 0.1) is 5.69 Å². The zero-order chi connectivity index (χ0) is 17.6. The first kappa shape index (κ1) is 17.6. The van der Waals surface area contributed by atoms with Crippen LogP contribution in [0.1, 0.15) is 54.9 Å². The molecule has 1 saturated carbocycles. The highest BCUT2D eigenvalue weighted by atomic mass is 16.1. The van der Waals surface area contributed by atoms with Crippen LogP contribution in [0.25, 0.3) is 11.3 Å². The number of carbonyl (C=O) groups is 1. The monoisotopic (exact) mass is 337 g/mol. The van der Waals surface area contributed by atoms with Gasteiger partial charge in [0, 0.05) is 29.9 Å². The Morgan fingerprint density at radius 3 is 2.80 bits per heavy atom. The maximum absolute atomic E-state index is 11.4. The summed E-state index contributed by atoms with van der Waals surface area (Å²) in [6, 6.07) is 12.1. The molecule has 1 aliphatic carbocycles. The molecule has 0 spiro atoms.